The molecule has 0 saturated heterocycles. The molecule has 0 aliphatic heterocycles. The summed E-state index contributed by atoms with van der Waals surface area (Å²) in [5.41, 5.74) is 5.91. The number of ether oxygens (including phenoxy) is 1. The van der Waals surface area contributed by atoms with E-state index in [4.69, 9.17) is 40.2 Å². The van der Waals surface area contributed by atoms with Crippen molar-refractivity contribution < 1.29 is 19.1 Å². The predicted molar refractivity (Wildman–Crippen MR) is 123 cm³/mol. The van der Waals surface area contributed by atoms with Gasteiger partial charge >= 0.3 is 0 Å². The summed E-state index contributed by atoms with van der Waals surface area (Å²) in [6.07, 6.45) is -0.0807. The molecule has 2 aromatic rings. The number of carbonyl (C=O) groups is 3. The quantitative estimate of drug-likeness (QED) is 0.356. The SMILES string of the molecule is COc1ccc(CC(=O)NC(=S)NNC(=O)CCC(=O)Nc2ccc(Cl)cc2Cl)cc1. The monoisotopic (exact) mass is 482 g/mol. The van der Waals surface area contributed by atoms with E-state index in [1.807, 2.05) is 0 Å². The number of hydrazine groups is 1. The molecule has 11 heteroatoms. The fourth-order valence-corrected chi connectivity index (χ4v) is 2.97. The number of hydrogen-bond acceptors (Lipinski definition) is 5. The van der Waals surface area contributed by atoms with Crippen LogP contribution in [0.4, 0.5) is 5.69 Å². The molecule has 0 aromatic heterocycles. The number of rotatable bonds is 7. The van der Waals surface area contributed by atoms with Crippen LogP contribution in [0.5, 0.6) is 5.75 Å². The Morgan fingerprint density at radius 3 is 2.26 bits per heavy atom. The maximum absolute atomic E-state index is 12.0. The van der Waals surface area contributed by atoms with Crippen molar-refractivity contribution in [2.45, 2.75) is 19.3 Å². The number of anilines is 1. The maximum Gasteiger partial charge on any atom is 0.238 e. The molecule has 4 N–H and O–H groups in total. The number of benzene rings is 2. The Kier molecular flexibility index (Phi) is 9.51. The van der Waals surface area contributed by atoms with Gasteiger partial charge in [0.2, 0.25) is 17.7 Å². The fourth-order valence-electron chi connectivity index (χ4n) is 2.35. The molecule has 3 amide bonds. The minimum Gasteiger partial charge on any atom is -0.497 e. The normalized spacial score (nSPS) is 10.0. The summed E-state index contributed by atoms with van der Waals surface area (Å²) in [5, 5.41) is 5.72. The molecule has 2 rings (SSSR count). The van der Waals surface area contributed by atoms with Crippen LogP contribution in [0.3, 0.4) is 0 Å². The molecular weight excluding hydrogens is 463 g/mol. The van der Waals surface area contributed by atoms with Gasteiger partial charge < -0.3 is 15.4 Å². The highest BCUT2D eigenvalue weighted by molar-refractivity contribution is 7.80. The molecule has 31 heavy (non-hydrogen) atoms. The lowest BCUT2D eigenvalue weighted by Crippen LogP contribution is -2.48. The standard InChI is InChI=1S/C20H20Cl2N4O4S/c1-30-14-5-2-12(3-6-14)10-19(29)24-20(31)26-25-18(28)9-8-17(27)23-16-7-4-13(21)11-15(16)22/h2-7,11H,8-10H2,1H3,(H,23,27)(H,25,28)(H2,24,26,29,31). The first kappa shape index (κ1) is 24.4. The smallest absolute Gasteiger partial charge is 0.238 e. The van der Waals surface area contributed by atoms with Crippen molar-refractivity contribution in [2.75, 3.05) is 12.4 Å². The number of thiocarbonyl (C=S) groups is 1. The van der Waals surface area contributed by atoms with Crippen molar-refractivity contribution in [3.63, 3.8) is 0 Å². The number of halogens is 2. The van der Waals surface area contributed by atoms with Crippen LogP contribution in [-0.4, -0.2) is 29.9 Å². The molecule has 164 valence electrons. The summed E-state index contributed by atoms with van der Waals surface area (Å²) < 4.78 is 5.06. The van der Waals surface area contributed by atoms with Gasteiger partial charge in [-0.05, 0) is 48.1 Å². The van der Waals surface area contributed by atoms with Gasteiger partial charge in [-0.3, -0.25) is 25.2 Å². The van der Waals surface area contributed by atoms with Crippen LogP contribution in [0.15, 0.2) is 42.5 Å². The lowest BCUT2D eigenvalue weighted by molar-refractivity contribution is -0.124. The molecule has 0 radical (unpaired) electrons. The maximum atomic E-state index is 12.0. The van der Waals surface area contributed by atoms with E-state index in [9.17, 15) is 14.4 Å². The third-order valence-electron chi connectivity index (χ3n) is 3.88. The Morgan fingerprint density at radius 1 is 0.935 bits per heavy atom. The van der Waals surface area contributed by atoms with Crippen LogP contribution in [0, 0.1) is 0 Å². The number of carbonyl (C=O) groups excluding carboxylic acids is 3. The minimum atomic E-state index is -0.482. The summed E-state index contributed by atoms with van der Waals surface area (Å²) in [6.45, 7) is 0. The molecule has 2 aromatic carbocycles. The first-order chi connectivity index (χ1) is 14.8. The third kappa shape index (κ3) is 8.79. The molecule has 0 bridgehead atoms. The highest BCUT2D eigenvalue weighted by Gasteiger charge is 2.11. The molecule has 0 fully saturated rings. The second-order valence-electron chi connectivity index (χ2n) is 6.25. The van der Waals surface area contributed by atoms with Gasteiger partial charge in [0.05, 0.1) is 24.2 Å². The van der Waals surface area contributed by atoms with E-state index in [2.05, 4.69) is 21.5 Å². The highest BCUT2D eigenvalue weighted by atomic mass is 35.5. The first-order valence-electron chi connectivity index (χ1n) is 9.03. The molecule has 0 saturated carbocycles. The van der Waals surface area contributed by atoms with Crippen LogP contribution in [-0.2, 0) is 20.8 Å². The van der Waals surface area contributed by atoms with Gasteiger partial charge in [0.1, 0.15) is 5.75 Å². The van der Waals surface area contributed by atoms with Crippen molar-refractivity contribution in [3.05, 3.63) is 58.1 Å². The van der Waals surface area contributed by atoms with Gasteiger partial charge in [-0.2, -0.15) is 0 Å². The molecule has 0 heterocycles. The summed E-state index contributed by atoms with van der Waals surface area (Å²) in [6, 6.07) is 11.7. The third-order valence-corrected chi connectivity index (χ3v) is 4.63. The van der Waals surface area contributed by atoms with E-state index in [-0.39, 0.29) is 30.3 Å². The van der Waals surface area contributed by atoms with Crippen LogP contribution in [0.25, 0.3) is 0 Å². The van der Waals surface area contributed by atoms with Crippen molar-refractivity contribution >= 4 is 63.9 Å². The summed E-state index contributed by atoms with van der Waals surface area (Å²) in [7, 11) is 1.56. The van der Waals surface area contributed by atoms with Gasteiger partial charge in [0.15, 0.2) is 5.11 Å². The van der Waals surface area contributed by atoms with Crippen LogP contribution in [0.2, 0.25) is 10.0 Å². The van der Waals surface area contributed by atoms with Crippen molar-refractivity contribution in [3.8, 4) is 5.75 Å². The van der Waals surface area contributed by atoms with Crippen molar-refractivity contribution in [1.82, 2.24) is 16.2 Å². The average Bonchev–Trinajstić information content (AvgIpc) is 2.73. The molecule has 0 atom stereocenters. The van der Waals surface area contributed by atoms with E-state index in [0.29, 0.717) is 21.5 Å². The molecule has 8 nitrogen and oxygen atoms in total. The van der Waals surface area contributed by atoms with Gasteiger partial charge in [-0.25, -0.2) is 0 Å². The molecule has 0 aliphatic rings. The van der Waals surface area contributed by atoms with E-state index in [0.717, 1.165) is 5.56 Å². The lowest BCUT2D eigenvalue weighted by atomic mass is 10.1. The average molecular weight is 483 g/mol. The second-order valence-corrected chi connectivity index (χ2v) is 7.50. The Bertz CT molecular complexity index is 970. The van der Waals surface area contributed by atoms with Crippen molar-refractivity contribution in [2.24, 2.45) is 0 Å². The van der Waals surface area contributed by atoms with E-state index in [1.165, 1.54) is 6.07 Å². The van der Waals surface area contributed by atoms with Crippen LogP contribution >= 0.6 is 35.4 Å². The van der Waals surface area contributed by atoms with Crippen molar-refractivity contribution in [1.29, 1.82) is 0 Å². The topological polar surface area (TPSA) is 109 Å². The Hall–Kier alpha value is -2.88. The number of nitrogens with one attached hydrogen (secondary N) is 4. The molecule has 0 spiro atoms. The van der Waals surface area contributed by atoms with Crippen LogP contribution < -0.4 is 26.2 Å². The Labute approximate surface area is 194 Å². The Balaban J connectivity index is 1.67. The first-order valence-corrected chi connectivity index (χ1v) is 10.2. The molecule has 0 aliphatic carbocycles. The zero-order valence-electron chi connectivity index (χ0n) is 16.5. The number of methoxy groups -OCH3 is 1. The van der Waals surface area contributed by atoms with Gasteiger partial charge in [0, 0.05) is 17.9 Å². The van der Waals surface area contributed by atoms with Crippen LogP contribution in [0.1, 0.15) is 18.4 Å². The van der Waals surface area contributed by atoms with E-state index < -0.39 is 11.8 Å². The summed E-state index contributed by atoms with van der Waals surface area (Å²) in [5.74, 6) is -0.538. The molecule has 0 unspecified atom stereocenters. The Morgan fingerprint density at radius 2 is 1.61 bits per heavy atom. The second kappa shape index (κ2) is 12.1. The van der Waals surface area contributed by atoms with Gasteiger partial charge in [0.25, 0.3) is 0 Å². The fraction of sp³-hybridized carbons (Fsp3) is 0.200. The van der Waals surface area contributed by atoms with Gasteiger partial charge in [-0.15, -0.1) is 0 Å². The zero-order chi connectivity index (χ0) is 22.8. The largest absolute Gasteiger partial charge is 0.497 e. The minimum absolute atomic E-state index is 0.0655. The summed E-state index contributed by atoms with van der Waals surface area (Å²) >= 11 is 16.8. The molecular formula is C20H20Cl2N4O4S. The van der Waals surface area contributed by atoms with Gasteiger partial charge in [-0.1, -0.05) is 35.3 Å². The number of amides is 3. The summed E-state index contributed by atoms with van der Waals surface area (Å²) in [4.78, 5) is 35.8. The zero-order valence-corrected chi connectivity index (χ0v) is 18.8. The lowest BCUT2D eigenvalue weighted by Gasteiger charge is -2.11. The predicted octanol–water partition coefficient (Wildman–Crippen LogP) is 2.99. The number of hydrogen-bond donors (Lipinski definition) is 4. The van der Waals surface area contributed by atoms with E-state index in [1.54, 1.807) is 43.5 Å². The van der Waals surface area contributed by atoms with E-state index >= 15 is 0 Å². The highest BCUT2D eigenvalue weighted by Crippen LogP contribution is 2.25.